The SMILES string of the molecule is Cc1ccc(-c2csc(-c3scc4c3OCCO4)n2)cc1. The highest BCUT2D eigenvalue weighted by Crippen LogP contribution is 2.46. The molecule has 1 aromatic carbocycles. The third-order valence-electron chi connectivity index (χ3n) is 3.35. The van der Waals surface area contributed by atoms with E-state index >= 15 is 0 Å². The zero-order valence-corrected chi connectivity index (χ0v) is 13.1. The van der Waals surface area contributed by atoms with Gasteiger partial charge in [0.05, 0.1) is 5.69 Å². The van der Waals surface area contributed by atoms with Gasteiger partial charge in [-0.2, -0.15) is 0 Å². The van der Waals surface area contributed by atoms with Gasteiger partial charge in [0.1, 0.15) is 23.1 Å². The van der Waals surface area contributed by atoms with Gasteiger partial charge in [-0.15, -0.1) is 22.7 Å². The molecule has 0 unspecified atom stereocenters. The van der Waals surface area contributed by atoms with Crippen LogP contribution in [0.3, 0.4) is 0 Å². The van der Waals surface area contributed by atoms with Gasteiger partial charge in [0, 0.05) is 16.3 Å². The first-order valence-electron chi connectivity index (χ1n) is 6.71. The second-order valence-corrected chi connectivity index (χ2v) is 6.60. The molecule has 4 rings (SSSR count). The number of aromatic nitrogens is 1. The number of benzene rings is 1. The summed E-state index contributed by atoms with van der Waals surface area (Å²) in [5, 5.41) is 5.08. The second kappa shape index (κ2) is 5.16. The monoisotopic (exact) mass is 315 g/mol. The number of hydrogen-bond acceptors (Lipinski definition) is 5. The number of nitrogens with zero attached hydrogens (tertiary/aromatic N) is 1. The van der Waals surface area contributed by atoms with Gasteiger partial charge in [-0.1, -0.05) is 29.8 Å². The van der Waals surface area contributed by atoms with Crippen molar-refractivity contribution in [2.24, 2.45) is 0 Å². The molecule has 0 N–H and O–H groups in total. The van der Waals surface area contributed by atoms with Gasteiger partial charge in [0.15, 0.2) is 11.5 Å². The summed E-state index contributed by atoms with van der Waals surface area (Å²) in [7, 11) is 0. The van der Waals surface area contributed by atoms with Gasteiger partial charge in [-0.25, -0.2) is 4.98 Å². The van der Waals surface area contributed by atoms with E-state index < -0.39 is 0 Å². The Hall–Kier alpha value is -1.85. The molecule has 5 heteroatoms. The third-order valence-corrected chi connectivity index (χ3v) is 5.28. The standard InChI is InChI=1S/C16H13NO2S2/c1-10-2-4-11(5-3-10)12-8-21-16(17-12)15-14-13(9-20-15)18-6-7-19-14/h2-5,8-9H,6-7H2,1H3. The van der Waals surface area contributed by atoms with Crippen LogP contribution in [0.4, 0.5) is 0 Å². The van der Waals surface area contributed by atoms with Crippen molar-refractivity contribution in [2.75, 3.05) is 13.2 Å². The zero-order chi connectivity index (χ0) is 14.2. The maximum Gasteiger partial charge on any atom is 0.182 e. The quantitative estimate of drug-likeness (QED) is 0.691. The van der Waals surface area contributed by atoms with Crippen LogP contribution >= 0.6 is 22.7 Å². The number of ether oxygens (including phenoxy) is 2. The Morgan fingerprint density at radius 1 is 1.00 bits per heavy atom. The van der Waals surface area contributed by atoms with Crippen LogP contribution in [0.15, 0.2) is 35.0 Å². The topological polar surface area (TPSA) is 31.4 Å². The highest BCUT2D eigenvalue weighted by molar-refractivity contribution is 7.20. The van der Waals surface area contributed by atoms with Gasteiger partial charge in [-0.05, 0) is 6.92 Å². The smallest absolute Gasteiger partial charge is 0.182 e. The lowest BCUT2D eigenvalue weighted by atomic mass is 10.1. The van der Waals surface area contributed by atoms with Crippen molar-refractivity contribution in [1.29, 1.82) is 0 Å². The number of fused-ring (bicyclic) bond motifs is 1. The number of rotatable bonds is 2. The molecule has 21 heavy (non-hydrogen) atoms. The van der Waals surface area contributed by atoms with Crippen LogP contribution in [-0.4, -0.2) is 18.2 Å². The van der Waals surface area contributed by atoms with Gasteiger partial charge in [0.25, 0.3) is 0 Å². The van der Waals surface area contributed by atoms with Crippen LogP contribution in [0, 0.1) is 6.92 Å². The Balaban J connectivity index is 1.71. The van der Waals surface area contributed by atoms with Gasteiger partial charge < -0.3 is 9.47 Å². The first-order valence-corrected chi connectivity index (χ1v) is 8.47. The van der Waals surface area contributed by atoms with E-state index in [1.807, 2.05) is 5.38 Å². The molecule has 0 fully saturated rings. The second-order valence-electron chi connectivity index (χ2n) is 4.86. The van der Waals surface area contributed by atoms with Crippen LogP contribution < -0.4 is 9.47 Å². The maximum absolute atomic E-state index is 5.73. The van der Waals surface area contributed by atoms with E-state index in [0.717, 1.165) is 32.6 Å². The molecule has 0 aliphatic carbocycles. The fraction of sp³-hybridized carbons (Fsp3) is 0.188. The van der Waals surface area contributed by atoms with Gasteiger partial charge in [0.2, 0.25) is 0 Å². The molecular formula is C16H13NO2S2. The van der Waals surface area contributed by atoms with Crippen molar-refractivity contribution >= 4 is 22.7 Å². The van der Waals surface area contributed by atoms with Crippen molar-refractivity contribution in [3.8, 4) is 32.6 Å². The van der Waals surface area contributed by atoms with E-state index in [0.29, 0.717) is 13.2 Å². The molecule has 3 nitrogen and oxygen atoms in total. The Bertz CT molecular complexity index is 774. The first-order chi connectivity index (χ1) is 10.3. The van der Waals surface area contributed by atoms with Crippen molar-refractivity contribution in [1.82, 2.24) is 4.98 Å². The van der Waals surface area contributed by atoms with E-state index in [-0.39, 0.29) is 0 Å². The molecule has 1 aliphatic rings. The number of aryl methyl sites for hydroxylation is 1. The van der Waals surface area contributed by atoms with E-state index in [2.05, 4.69) is 36.6 Å². The Kier molecular flexibility index (Phi) is 3.16. The Morgan fingerprint density at radius 2 is 1.81 bits per heavy atom. The Labute approximate surface area is 130 Å². The largest absolute Gasteiger partial charge is 0.485 e. The normalized spacial score (nSPS) is 13.4. The van der Waals surface area contributed by atoms with Crippen molar-refractivity contribution in [2.45, 2.75) is 6.92 Å². The minimum absolute atomic E-state index is 0.604. The van der Waals surface area contributed by atoms with Crippen molar-refractivity contribution in [3.05, 3.63) is 40.6 Å². The van der Waals surface area contributed by atoms with Crippen LogP contribution in [0.25, 0.3) is 21.1 Å². The first kappa shape index (κ1) is 12.9. The summed E-state index contributed by atoms with van der Waals surface area (Å²) in [6.45, 7) is 3.31. The maximum atomic E-state index is 5.73. The molecule has 0 saturated heterocycles. The minimum Gasteiger partial charge on any atom is -0.485 e. The third kappa shape index (κ3) is 2.32. The number of thiazole rings is 1. The summed E-state index contributed by atoms with van der Waals surface area (Å²) < 4.78 is 11.3. The average molecular weight is 315 g/mol. The highest BCUT2D eigenvalue weighted by Gasteiger charge is 2.21. The summed E-state index contributed by atoms with van der Waals surface area (Å²) in [6, 6.07) is 8.44. The lowest BCUT2D eigenvalue weighted by Crippen LogP contribution is -2.14. The van der Waals surface area contributed by atoms with Crippen molar-refractivity contribution < 1.29 is 9.47 Å². The number of thiophene rings is 1. The molecule has 0 saturated carbocycles. The van der Waals surface area contributed by atoms with E-state index in [1.54, 1.807) is 22.7 Å². The molecule has 3 aromatic rings. The van der Waals surface area contributed by atoms with E-state index in [9.17, 15) is 0 Å². The molecule has 106 valence electrons. The summed E-state index contributed by atoms with van der Waals surface area (Å²) >= 11 is 3.27. The molecule has 1 aliphatic heterocycles. The fourth-order valence-electron chi connectivity index (χ4n) is 2.25. The van der Waals surface area contributed by atoms with Gasteiger partial charge >= 0.3 is 0 Å². The lowest BCUT2D eigenvalue weighted by molar-refractivity contribution is 0.174. The summed E-state index contributed by atoms with van der Waals surface area (Å²) in [4.78, 5) is 5.82. The molecular weight excluding hydrogens is 302 g/mol. The minimum atomic E-state index is 0.604. The predicted molar refractivity (Wildman–Crippen MR) is 86.6 cm³/mol. The zero-order valence-electron chi connectivity index (χ0n) is 11.5. The highest BCUT2D eigenvalue weighted by atomic mass is 32.1. The summed E-state index contributed by atoms with van der Waals surface area (Å²) in [5.74, 6) is 1.68. The number of hydrogen-bond donors (Lipinski definition) is 0. The van der Waals surface area contributed by atoms with Crippen LogP contribution in [0.2, 0.25) is 0 Å². The fourth-order valence-corrected chi connectivity index (χ4v) is 4.11. The molecule has 0 spiro atoms. The molecule has 2 aromatic heterocycles. The average Bonchev–Trinajstić information content (AvgIpc) is 3.14. The molecule has 0 amide bonds. The van der Waals surface area contributed by atoms with Crippen LogP contribution in [0.5, 0.6) is 11.5 Å². The Morgan fingerprint density at radius 3 is 2.67 bits per heavy atom. The molecule has 3 heterocycles. The van der Waals surface area contributed by atoms with Crippen LogP contribution in [0.1, 0.15) is 5.56 Å². The van der Waals surface area contributed by atoms with E-state index in [1.165, 1.54) is 5.56 Å². The molecule has 0 bridgehead atoms. The molecule has 0 atom stereocenters. The van der Waals surface area contributed by atoms with Crippen molar-refractivity contribution in [3.63, 3.8) is 0 Å². The van der Waals surface area contributed by atoms with E-state index in [4.69, 9.17) is 14.5 Å². The van der Waals surface area contributed by atoms with Gasteiger partial charge in [-0.3, -0.25) is 0 Å². The summed E-state index contributed by atoms with van der Waals surface area (Å²) in [5.41, 5.74) is 3.41. The van der Waals surface area contributed by atoms with Crippen LogP contribution in [-0.2, 0) is 0 Å². The molecule has 0 radical (unpaired) electrons. The lowest BCUT2D eigenvalue weighted by Gasteiger charge is -2.15. The summed E-state index contributed by atoms with van der Waals surface area (Å²) in [6.07, 6.45) is 0. The predicted octanol–water partition coefficient (Wildman–Crippen LogP) is 4.62.